The Bertz CT molecular complexity index is 600. The van der Waals surface area contributed by atoms with Crippen molar-refractivity contribution in [3.8, 4) is 0 Å². The molecule has 4 nitrogen and oxygen atoms in total. The molecule has 1 amide bonds. The second-order valence-electron chi connectivity index (χ2n) is 3.53. The summed E-state index contributed by atoms with van der Waals surface area (Å²) in [5.74, 6) is -1.73. The number of carbonyl (C=O) groups excluding carboxylic acids is 1. The molecule has 1 N–H and O–H groups in total. The van der Waals surface area contributed by atoms with Crippen LogP contribution in [-0.4, -0.2) is 28.1 Å². The molecular weight excluding hydrogens is 324 g/mol. The van der Waals surface area contributed by atoms with Gasteiger partial charge in [-0.25, -0.2) is 8.78 Å². The van der Waals surface area contributed by atoms with E-state index >= 15 is 0 Å². The minimum atomic E-state index is -0.735. The fourth-order valence-corrected chi connectivity index (χ4v) is 3.53. The van der Waals surface area contributed by atoms with Crippen molar-refractivity contribution in [2.75, 3.05) is 17.3 Å². The maximum atomic E-state index is 13.0. The number of hydrogen-bond acceptors (Lipinski definition) is 6. The van der Waals surface area contributed by atoms with Crippen molar-refractivity contribution in [3.63, 3.8) is 0 Å². The Morgan fingerprint density at radius 3 is 2.50 bits per heavy atom. The predicted octanol–water partition coefficient (Wildman–Crippen LogP) is 3.27. The number of carbonyl (C=O) groups is 1. The molecule has 0 unspecified atom stereocenters. The molecule has 0 saturated carbocycles. The van der Waals surface area contributed by atoms with Crippen LogP contribution in [0.1, 0.15) is 0 Å². The van der Waals surface area contributed by atoms with Crippen LogP contribution in [0, 0.1) is 11.6 Å². The third-order valence-corrected chi connectivity index (χ3v) is 5.07. The van der Waals surface area contributed by atoms with Gasteiger partial charge in [0.2, 0.25) is 5.91 Å². The number of benzene rings is 1. The van der Waals surface area contributed by atoms with E-state index in [1.807, 2.05) is 6.26 Å². The van der Waals surface area contributed by atoms with Crippen LogP contribution in [0.15, 0.2) is 26.9 Å². The monoisotopic (exact) mass is 333 g/mol. The van der Waals surface area contributed by atoms with Gasteiger partial charge in [-0.3, -0.25) is 4.79 Å². The maximum absolute atomic E-state index is 13.0. The number of nitrogens with zero attached hydrogens (tertiary/aromatic N) is 2. The molecule has 0 bridgehead atoms. The fraction of sp³-hybridized carbons (Fsp3) is 0.182. The molecule has 0 atom stereocenters. The van der Waals surface area contributed by atoms with E-state index in [0.29, 0.717) is 4.34 Å². The topological polar surface area (TPSA) is 54.9 Å². The highest BCUT2D eigenvalue weighted by Gasteiger charge is 2.09. The summed E-state index contributed by atoms with van der Waals surface area (Å²) >= 11 is 4.09. The van der Waals surface area contributed by atoms with E-state index in [1.54, 1.807) is 0 Å². The molecule has 0 saturated heterocycles. The first-order valence-corrected chi connectivity index (χ1v) is 8.36. The van der Waals surface area contributed by atoms with Gasteiger partial charge < -0.3 is 5.32 Å². The van der Waals surface area contributed by atoms with Gasteiger partial charge in [-0.05, 0) is 18.4 Å². The van der Waals surface area contributed by atoms with Crippen LogP contribution < -0.4 is 5.32 Å². The van der Waals surface area contributed by atoms with Gasteiger partial charge in [0.05, 0.1) is 5.75 Å². The SMILES string of the molecule is CSc1nnc(SCC(=O)Nc2cc(F)cc(F)c2)s1. The van der Waals surface area contributed by atoms with Gasteiger partial charge in [-0.2, -0.15) is 0 Å². The average Bonchev–Trinajstić information content (AvgIpc) is 2.83. The number of amides is 1. The number of nitrogens with one attached hydrogen (secondary N) is 1. The summed E-state index contributed by atoms with van der Waals surface area (Å²) in [5.41, 5.74) is 0.0927. The maximum Gasteiger partial charge on any atom is 0.234 e. The number of anilines is 1. The van der Waals surface area contributed by atoms with Gasteiger partial charge >= 0.3 is 0 Å². The zero-order valence-corrected chi connectivity index (χ0v) is 12.7. The van der Waals surface area contributed by atoms with Gasteiger partial charge in [0.15, 0.2) is 8.68 Å². The Balaban J connectivity index is 1.89. The zero-order valence-electron chi connectivity index (χ0n) is 10.2. The first-order valence-electron chi connectivity index (χ1n) is 5.33. The average molecular weight is 333 g/mol. The molecule has 0 aliphatic rings. The van der Waals surface area contributed by atoms with Crippen molar-refractivity contribution in [3.05, 3.63) is 29.8 Å². The van der Waals surface area contributed by atoms with Crippen molar-refractivity contribution >= 4 is 46.5 Å². The third kappa shape index (κ3) is 4.43. The third-order valence-electron chi connectivity index (χ3n) is 2.04. The van der Waals surface area contributed by atoms with Crippen LogP contribution in [0.25, 0.3) is 0 Å². The van der Waals surface area contributed by atoms with Crippen molar-refractivity contribution in [1.29, 1.82) is 0 Å². The summed E-state index contributed by atoms with van der Waals surface area (Å²) in [4.78, 5) is 11.7. The smallest absolute Gasteiger partial charge is 0.234 e. The molecule has 0 aliphatic carbocycles. The lowest BCUT2D eigenvalue weighted by Gasteiger charge is -2.04. The van der Waals surface area contributed by atoms with Crippen LogP contribution >= 0.6 is 34.9 Å². The summed E-state index contributed by atoms with van der Waals surface area (Å²) in [6.07, 6.45) is 1.89. The second kappa shape index (κ2) is 7.00. The van der Waals surface area contributed by atoms with Crippen molar-refractivity contribution < 1.29 is 13.6 Å². The predicted molar refractivity (Wildman–Crippen MR) is 77.4 cm³/mol. The number of thioether (sulfide) groups is 2. The highest BCUT2D eigenvalue weighted by molar-refractivity contribution is 8.03. The van der Waals surface area contributed by atoms with Crippen LogP contribution in [0.5, 0.6) is 0 Å². The summed E-state index contributed by atoms with van der Waals surface area (Å²) < 4.78 is 27.4. The number of rotatable bonds is 5. The van der Waals surface area contributed by atoms with E-state index in [9.17, 15) is 13.6 Å². The van der Waals surface area contributed by atoms with Gasteiger partial charge in [0.25, 0.3) is 0 Å². The molecule has 9 heteroatoms. The number of hydrogen-bond donors (Lipinski definition) is 1. The molecule has 2 aromatic rings. The Hall–Kier alpha value is -1.19. The molecule has 0 aliphatic heterocycles. The van der Waals surface area contributed by atoms with Crippen LogP contribution in [0.3, 0.4) is 0 Å². The second-order valence-corrected chi connectivity index (χ2v) is 6.79. The molecule has 2 rings (SSSR count). The summed E-state index contributed by atoms with van der Waals surface area (Å²) in [5, 5.41) is 10.2. The first kappa shape index (κ1) is 15.2. The highest BCUT2D eigenvalue weighted by atomic mass is 32.2. The van der Waals surface area contributed by atoms with E-state index in [2.05, 4.69) is 15.5 Å². The highest BCUT2D eigenvalue weighted by Crippen LogP contribution is 2.27. The van der Waals surface area contributed by atoms with Gasteiger partial charge in [-0.15, -0.1) is 10.2 Å². The van der Waals surface area contributed by atoms with Gasteiger partial charge in [0.1, 0.15) is 11.6 Å². The normalized spacial score (nSPS) is 10.6. The molecule has 0 fully saturated rings. The molecule has 1 aromatic carbocycles. The molecule has 106 valence electrons. The first-order chi connectivity index (χ1) is 9.56. The van der Waals surface area contributed by atoms with E-state index in [0.717, 1.165) is 22.5 Å². The molecule has 0 radical (unpaired) electrons. The van der Waals surface area contributed by atoms with Crippen molar-refractivity contribution in [2.45, 2.75) is 8.68 Å². The van der Waals surface area contributed by atoms with E-state index in [1.165, 1.54) is 34.9 Å². The van der Waals surface area contributed by atoms with Crippen LogP contribution in [0.2, 0.25) is 0 Å². The minimum Gasteiger partial charge on any atom is -0.325 e. The van der Waals surface area contributed by atoms with Crippen molar-refractivity contribution in [1.82, 2.24) is 10.2 Å². The summed E-state index contributed by atoms with van der Waals surface area (Å²) in [6.45, 7) is 0. The molecular formula is C11H9F2N3OS3. The Morgan fingerprint density at radius 2 is 1.90 bits per heavy atom. The van der Waals surface area contributed by atoms with Crippen molar-refractivity contribution in [2.24, 2.45) is 0 Å². The summed E-state index contributed by atoms with van der Waals surface area (Å²) in [6, 6.07) is 2.86. The van der Waals surface area contributed by atoms with E-state index in [-0.39, 0.29) is 17.3 Å². The Morgan fingerprint density at radius 1 is 1.25 bits per heavy atom. The zero-order chi connectivity index (χ0) is 14.5. The summed E-state index contributed by atoms with van der Waals surface area (Å²) in [7, 11) is 0. The minimum absolute atomic E-state index is 0.0927. The quantitative estimate of drug-likeness (QED) is 0.851. The molecule has 1 aromatic heterocycles. The lowest BCUT2D eigenvalue weighted by molar-refractivity contribution is -0.113. The molecule has 20 heavy (non-hydrogen) atoms. The van der Waals surface area contributed by atoms with Crippen LogP contribution in [0.4, 0.5) is 14.5 Å². The van der Waals surface area contributed by atoms with E-state index in [4.69, 9.17) is 0 Å². The lowest BCUT2D eigenvalue weighted by atomic mass is 10.3. The Labute approximate surface area is 126 Å². The molecule has 0 spiro atoms. The molecule has 1 heterocycles. The number of aromatic nitrogens is 2. The van der Waals surface area contributed by atoms with E-state index < -0.39 is 11.6 Å². The van der Waals surface area contributed by atoms with Crippen LogP contribution in [-0.2, 0) is 4.79 Å². The van der Waals surface area contributed by atoms with Gasteiger partial charge in [-0.1, -0.05) is 34.9 Å². The largest absolute Gasteiger partial charge is 0.325 e. The fourth-order valence-electron chi connectivity index (χ4n) is 1.29. The lowest BCUT2D eigenvalue weighted by Crippen LogP contribution is -2.14. The number of halogens is 2. The Kier molecular flexibility index (Phi) is 5.32. The van der Waals surface area contributed by atoms with Gasteiger partial charge in [0, 0.05) is 11.8 Å². The standard InChI is InChI=1S/C11H9F2N3OS3/c1-18-10-15-16-11(20-10)19-5-9(17)14-8-3-6(12)2-7(13)4-8/h2-4H,5H2,1H3,(H,14,17).